The maximum Gasteiger partial charge on any atom is 0.353 e. The number of rotatable bonds is 3. The van der Waals surface area contributed by atoms with Crippen LogP contribution in [-0.2, 0) is 0 Å². The van der Waals surface area contributed by atoms with Crippen LogP contribution in [0.15, 0.2) is 47.5 Å². The SMILES string of the molecule is O=C(O)c1cc(-c2cccc(-n3cc[nH]c3=O)c2)n[nH]1. The van der Waals surface area contributed by atoms with Gasteiger partial charge in [0.25, 0.3) is 0 Å². The molecule has 3 rings (SSSR count). The Hall–Kier alpha value is -3.09. The molecule has 2 aromatic heterocycles. The van der Waals surface area contributed by atoms with E-state index >= 15 is 0 Å². The van der Waals surface area contributed by atoms with E-state index in [1.807, 2.05) is 0 Å². The Morgan fingerprint density at radius 1 is 1.30 bits per heavy atom. The summed E-state index contributed by atoms with van der Waals surface area (Å²) in [5.74, 6) is -1.07. The van der Waals surface area contributed by atoms with E-state index in [9.17, 15) is 9.59 Å². The molecule has 20 heavy (non-hydrogen) atoms. The number of nitrogens with zero attached hydrogens (tertiary/aromatic N) is 2. The molecule has 7 nitrogen and oxygen atoms in total. The van der Waals surface area contributed by atoms with Crippen LogP contribution in [0.25, 0.3) is 16.9 Å². The predicted molar refractivity (Wildman–Crippen MR) is 70.9 cm³/mol. The molecule has 0 aliphatic heterocycles. The first-order valence-corrected chi connectivity index (χ1v) is 5.81. The molecular formula is C13H10N4O3. The Morgan fingerprint density at radius 2 is 2.15 bits per heavy atom. The van der Waals surface area contributed by atoms with Gasteiger partial charge in [-0.3, -0.25) is 9.67 Å². The van der Waals surface area contributed by atoms with E-state index in [0.717, 1.165) is 5.56 Å². The van der Waals surface area contributed by atoms with Crippen molar-refractivity contribution in [2.75, 3.05) is 0 Å². The second kappa shape index (κ2) is 4.54. The predicted octanol–water partition coefficient (Wildman–Crippen LogP) is 1.25. The van der Waals surface area contributed by atoms with Crippen LogP contribution >= 0.6 is 0 Å². The molecule has 0 amide bonds. The molecule has 0 saturated heterocycles. The number of hydrogen-bond acceptors (Lipinski definition) is 3. The van der Waals surface area contributed by atoms with E-state index < -0.39 is 5.97 Å². The van der Waals surface area contributed by atoms with Crippen LogP contribution in [0.3, 0.4) is 0 Å². The zero-order chi connectivity index (χ0) is 14.1. The van der Waals surface area contributed by atoms with Crippen LogP contribution in [0.4, 0.5) is 0 Å². The number of aromatic carboxylic acids is 1. The van der Waals surface area contributed by atoms with Crippen LogP contribution < -0.4 is 5.69 Å². The van der Waals surface area contributed by atoms with Gasteiger partial charge in [0.15, 0.2) is 0 Å². The first-order valence-electron chi connectivity index (χ1n) is 5.81. The van der Waals surface area contributed by atoms with E-state index in [1.165, 1.54) is 10.6 Å². The molecule has 1 aromatic carbocycles. The Morgan fingerprint density at radius 3 is 2.80 bits per heavy atom. The van der Waals surface area contributed by atoms with Gasteiger partial charge in [-0.25, -0.2) is 9.59 Å². The molecule has 0 unspecified atom stereocenters. The van der Waals surface area contributed by atoms with Gasteiger partial charge in [0.2, 0.25) is 0 Å². The van der Waals surface area contributed by atoms with E-state index in [1.54, 1.807) is 36.7 Å². The molecule has 0 bridgehead atoms. The molecule has 0 radical (unpaired) electrons. The van der Waals surface area contributed by atoms with Gasteiger partial charge in [-0.05, 0) is 18.2 Å². The maximum absolute atomic E-state index is 11.6. The standard InChI is InChI=1S/C13H10N4O3/c18-12(19)11-7-10(15-16-11)8-2-1-3-9(6-8)17-5-4-14-13(17)20/h1-7H,(H,14,20)(H,15,16)(H,18,19). The minimum Gasteiger partial charge on any atom is -0.477 e. The zero-order valence-corrected chi connectivity index (χ0v) is 10.2. The molecule has 100 valence electrons. The van der Waals surface area contributed by atoms with Gasteiger partial charge in [0.1, 0.15) is 5.69 Å². The first-order chi connectivity index (χ1) is 9.65. The summed E-state index contributed by atoms with van der Waals surface area (Å²) in [6.07, 6.45) is 3.17. The van der Waals surface area contributed by atoms with Crippen LogP contribution in [0.5, 0.6) is 0 Å². The van der Waals surface area contributed by atoms with Crippen molar-refractivity contribution in [2.45, 2.75) is 0 Å². The maximum atomic E-state index is 11.6. The third kappa shape index (κ3) is 2.01. The minimum atomic E-state index is -1.07. The number of benzene rings is 1. The van der Waals surface area contributed by atoms with E-state index in [4.69, 9.17) is 5.11 Å². The summed E-state index contributed by atoms with van der Waals surface area (Å²) in [6, 6.07) is 8.56. The molecule has 0 fully saturated rings. The van der Waals surface area contributed by atoms with E-state index in [-0.39, 0.29) is 11.4 Å². The Bertz CT molecular complexity index is 828. The van der Waals surface area contributed by atoms with Crippen molar-refractivity contribution < 1.29 is 9.90 Å². The average Bonchev–Trinajstić information content (AvgIpc) is 3.07. The van der Waals surface area contributed by atoms with Gasteiger partial charge >= 0.3 is 11.7 Å². The number of carbonyl (C=O) groups is 1. The normalized spacial score (nSPS) is 10.6. The van der Waals surface area contributed by atoms with Crippen molar-refractivity contribution in [3.05, 3.63) is 58.9 Å². The smallest absolute Gasteiger partial charge is 0.353 e. The number of H-pyrrole nitrogens is 2. The largest absolute Gasteiger partial charge is 0.477 e. The number of aromatic nitrogens is 4. The van der Waals surface area contributed by atoms with Crippen LogP contribution in [0.2, 0.25) is 0 Å². The fraction of sp³-hybridized carbons (Fsp3) is 0. The number of nitrogens with one attached hydrogen (secondary N) is 2. The van der Waals surface area contributed by atoms with Gasteiger partial charge in [0.05, 0.1) is 11.4 Å². The van der Waals surface area contributed by atoms with Crippen molar-refractivity contribution >= 4 is 5.97 Å². The van der Waals surface area contributed by atoms with Crippen LogP contribution in [0.1, 0.15) is 10.5 Å². The fourth-order valence-electron chi connectivity index (χ4n) is 1.92. The molecule has 0 aliphatic rings. The van der Waals surface area contributed by atoms with Crippen molar-refractivity contribution in [1.82, 2.24) is 19.7 Å². The van der Waals surface area contributed by atoms with Crippen molar-refractivity contribution in [3.8, 4) is 16.9 Å². The molecular weight excluding hydrogens is 260 g/mol. The van der Waals surface area contributed by atoms with E-state index in [2.05, 4.69) is 15.2 Å². The van der Waals surface area contributed by atoms with Crippen molar-refractivity contribution in [1.29, 1.82) is 0 Å². The average molecular weight is 270 g/mol. The quantitative estimate of drug-likeness (QED) is 0.666. The molecule has 0 saturated carbocycles. The lowest BCUT2D eigenvalue weighted by atomic mass is 10.1. The highest BCUT2D eigenvalue weighted by atomic mass is 16.4. The van der Waals surface area contributed by atoms with Gasteiger partial charge in [-0.15, -0.1) is 0 Å². The zero-order valence-electron chi connectivity index (χ0n) is 10.2. The fourth-order valence-corrected chi connectivity index (χ4v) is 1.92. The first kappa shape index (κ1) is 12.0. The summed E-state index contributed by atoms with van der Waals surface area (Å²) in [4.78, 5) is 24.9. The van der Waals surface area contributed by atoms with Crippen molar-refractivity contribution in [3.63, 3.8) is 0 Å². The highest BCUT2D eigenvalue weighted by Crippen LogP contribution is 2.20. The summed E-state index contributed by atoms with van der Waals surface area (Å²) in [6.45, 7) is 0. The lowest BCUT2D eigenvalue weighted by Crippen LogP contribution is -2.13. The Labute approximate surface area is 112 Å². The van der Waals surface area contributed by atoms with E-state index in [0.29, 0.717) is 11.4 Å². The molecule has 7 heteroatoms. The number of hydrogen-bond donors (Lipinski definition) is 3. The van der Waals surface area contributed by atoms with Crippen molar-refractivity contribution in [2.24, 2.45) is 0 Å². The minimum absolute atomic E-state index is 0.0178. The molecule has 2 heterocycles. The summed E-state index contributed by atoms with van der Waals surface area (Å²) < 4.78 is 1.45. The summed E-state index contributed by atoms with van der Waals surface area (Å²) in [5.41, 5.74) is 1.68. The third-order valence-electron chi connectivity index (χ3n) is 2.88. The van der Waals surface area contributed by atoms with Gasteiger partial charge < -0.3 is 10.1 Å². The van der Waals surface area contributed by atoms with Gasteiger partial charge in [0, 0.05) is 18.0 Å². The number of carboxylic acids is 1. The highest BCUT2D eigenvalue weighted by Gasteiger charge is 2.10. The summed E-state index contributed by atoms with van der Waals surface area (Å²) in [7, 11) is 0. The Kier molecular flexibility index (Phi) is 2.72. The number of aromatic amines is 2. The number of carboxylic acid groups (broad SMARTS) is 1. The van der Waals surface area contributed by atoms with Gasteiger partial charge in [-0.1, -0.05) is 12.1 Å². The number of imidazole rings is 1. The van der Waals surface area contributed by atoms with Crippen LogP contribution in [0, 0.1) is 0 Å². The highest BCUT2D eigenvalue weighted by molar-refractivity contribution is 5.86. The molecule has 0 spiro atoms. The lowest BCUT2D eigenvalue weighted by Gasteiger charge is -2.03. The molecule has 3 N–H and O–H groups in total. The third-order valence-corrected chi connectivity index (χ3v) is 2.88. The monoisotopic (exact) mass is 270 g/mol. The van der Waals surface area contributed by atoms with Crippen LogP contribution in [-0.4, -0.2) is 30.8 Å². The second-order valence-electron chi connectivity index (χ2n) is 4.16. The lowest BCUT2D eigenvalue weighted by molar-refractivity contribution is 0.0690. The topological polar surface area (TPSA) is 104 Å². The Balaban J connectivity index is 2.05. The molecule has 3 aromatic rings. The van der Waals surface area contributed by atoms with Gasteiger partial charge in [-0.2, -0.15) is 5.10 Å². The summed E-state index contributed by atoms with van der Waals surface area (Å²) in [5, 5.41) is 15.3. The molecule has 0 atom stereocenters. The molecule has 0 aliphatic carbocycles. The second-order valence-corrected chi connectivity index (χ2v) is 4.16. The summed E-state index contributed by atoms with van der Waals surface area (Å²) >= 11 is 0.